The van der Waals surface area contributed by atoms with Crippen LogP contribution >= 0.6 is 22.6 Å². The third kappa shape index (κ3) is 6.30. The molecular formula is C24H26INO6. The molecular weight excluding hydrogens is 525 g/mol. The molecule has 7 nitrogen and oxygen atoms in total. The maximum Gasteiger partial charge on any atom is 0.417 e. The summed E-state index contributed by atoms with van der Waals surface area (Å²) < 4.78 is 17.0. The third-order valence-electron chi connectivity index (χ3n) is 5.06. The van der Waals surface area contributed by atoms with Gasteiger partial charge in [-0.2, -0.15) is 0 Å². The molecule has 1 fully saturated rings. The molecule has 1 aliphatic heterocycles. The number of amides is 2. The number of benzene rings is 2. The van der Waals surface area contributed by atoms with Gasteiger partial charge in [-0.3, -0.25) is 4.79 Å². The molecule has 170 valence electrons. The lowest BCUT2D eigenvalue weighted by Gasteiger charge is -2.27. The Hall–Kier alpha value is -2.43. The van der Waals surface area contributed by atoms with Gasteiger partial charge in [-0.1, -0.05) is 42.5 Å². The number of rotatable bonds is 9. The Morgan fingerprint density at radius 2 is 1.91 bits per heavy atom. The minimum absolute atomic E-state index is 0.0812. The van der Waals surface area contributed by atoms with Crippen molar-refractivity contribution < 1.29 is 28.9 Å². The Morgan fingerprint density at radius 3 is 2.53 bits per heavy atom. The summed E-state index contributed by atoms with van der Waals surface area (Å²) in [7, 11) is 1.58. The van der Waals surface area contributed by atoms with E-state index in [1.54, 1.807) is 26.2 Å². The predicted molar refractivity (Wildman–Crippen MR) is 127 cm³/mol. The molecule has 0 unspecified atom stereocenters. The second-order valence-corrected chi connectivity index (χ2v) is 9.15. The minimum Gasteiger partial charge on any atom is -0.497 e. The number of cyclic esters (lactones) is 1. The molecule has 32 heavy (non-hydrogen) atoms. The number of aliphatic hydroxyl groups excluding tert-OH is 1. The van der Waals surface area contributed by atoms with Gasteiger partial charge in [0.05, 0.1) is 19.8 Å². The normalized spacial score (nSPS) is 18.2. The summed E-state index contributed by atoms with van der Waals surface area (Å²) in [5.41, 5.74) is 1.78. The summed E-state index contributed by atoms with van der Waals surface area (Å²) in [6.45, 7) is 1.98. The maximum atomic E-state index is 13.4. The number of hydrogen-bond acceptors (Lipinski definition) is 6. The van der Waals surface area contributed by atoms with Crippen molar-refractivity contribution in [2.75, 3.05) is 13.7 Å². The van der Waals surface area contributed by atoms with Crippen molar-refractivity contribution in [3.05, 3.63) is 75.4 Å². The Kier molecular flexibility index (Phi) is 8.66. The predicted octanol–water partition coefficient (Wildman–Crippen LogP) is 3.87. The molecule has 2 aromatic carbocycles. The second-order valence-electron chi connectivity index (χ2n) is 7.45. The van der Waals surface area contributed by atoms with E-state index in [1.165, 1.54) is 6.08 Å². The van der Waals surface area contributed by atoms with Crippen LogP contribution in [0.25, 0.3) is 0 Å². The van der Waals surface area contributed by atoms with Crippen LogP contribution in [0.2, 0.25) is 0 Å². The van der Waals surface area contributed by atoms with Gasteiger partial charge < -0.3 is 19.3 Å². The molecule has 8 heteroatoms. The van der Waals surface area contributed by atoms with E-state index < -0.39 is 30.3 Å². The summed E-state index contributed by atoms with van der Waals surface area (Å²) in [5.74, 6) is 0.0804. The number of hydrogen-bond donors (Lipinski definition) is 1. The number of allylic oxidation sites excluding steroid dienone is 1. The fourth-order valence-corrected chi connectivity index (χ4v) is 3.82. The molecule has 0 saturated carbocycles. The van der Waals surface area contributed by atoms with Gasteiger partial charge in [-0.25, -0.2) is 9.69 Å². The monoisotopic (exact) mass is 551 g/mol. The zero-order chi connectivity index (χ0) is 23.1. The highest BCUT2D eigenvalue weighted by molar-refractivity contribution is 14.1. The van der Waals surface area contributed by atoms with Crippen molar-refractivity contribution in [3.63, 3.8) is 0 Å². The molecule has 3 rings (SSSR count). The Bertz CT molecular complexity index is 943. The smallest absolute Gasteiger partial charge is 0.417 e. The van der Waals surface area contributed by atoms with Crippen LogP contribution in [0.4, 0.5) is 4.79 Å². The summed E-state index contributed by atoms with van der Waals surface area (Å²) in [4.78, 5) is 26.9. The van der Waals surface area contributed by atoms with Gasteiger partial charge in [0.15, 0.2) is 6.10 Å². The van der Waals surface area contributed by atoms with E-state index in [2.05, 4.69) is 0 Å². The number of imide groups is 1. The molecule has 2 aromatic rings. The standard InChI is InChI=1S/C24H26INO6/c1-16(25)12-21(27)22(31-14-18-8-10-20(30-2)11-9-18)23(28)26-19(15-32-24(26)29)13-17-6-4-3-5-7-17/h3-12,19,21-22,27H,13-15H2,1-2H3/b16-12+/t19-,21+,22-/m1/s1. The van der Waals surface area contributed by atoms with Crippen molar-refractivity contribution >= 4 is 34.6 Å². The molecule has 1 saturated heterocycles. The van der Waals surface area contributed by atoms with Crippen molar-refractivity contribution in [3.8, 4) is 5.75 Å². The lowest BCUT2D eigenvalue weighted by Crippen LogP contribution is -2.50. The van der Waals surface area contributed by atoms with Gasteiger partial charge in [-0.05, 0) is 68.9 Å². The number of carbonyl (C=O) groups excluding carboxylic acids is 2. The first-order valence-corrected chi connectivity index (χ1v) is 11.3. The second kappa shape index (κ2) is 11.4. The average Bonchev–Trinajstić information content (AvgIpc) is 3.14. The average molecular weight is 551 g/mol. The van der Waals surface area contributed by atoms with Crippen molar-refractivity contribution in [1.29, 1.82) is 0 Å². The van der Waals surface area contributed by atoms with Gasteiger partial charge >= 0.3 is 6.09 Å². The maximum absolute atomic E-state index is 13.4. The van der Waals surface area contributed by atoms with E-state index in [0.717, 1.165) is 19.6 Å². The Labute approximate surface area is 201 Å². The number of methoxy groups -OCH3 is 1. The van der Waals surface area contributed by atoms with Crippen molar-refractivity contribution in [2.24, 2.45) is 0 Å². The zero-order valence-corrected chi connectivity index (χ0v) is 20.1. The Balaban J connectivity index is 1.79. The summed E-state index contributed by atoms with van der Waals surface area (Å²) >= 11 is 2.05. The number of carbonyl (C=O) groups is 2. The lowest BCUT2D eigenvalue weighted by atomic mass is 10.0. The number of ether oxygens (including phenoxy) is 3. The summed E-state index contributed by atoms with van der Waals surface area (Å²) in [6, 6.07) is 16.3. The quantitative estimate of drug-likeness (QED) is 0.477. The first-order valence-electron chi connectivity index (χ1n) is 10.2. The molecule has 1 N–H and O–H groups in total. The van der Waals surface area contributed by atoms with Crippen LogP contribution < -0.4 is 4.74 Å². The molecule has 0 radical (unpaired) electrons. The van der Waals surface area contributed by atoms with E-state index >= 15 is 0 Å². The molecule has 0 spiro atoms. The highest BCUT2D eigenvalue weighted by Gasteiger charge is 2.43. The van der Waals surface area contributed by atoms with Gasteiger partial charge in [0.1, 0.15) is 18.5 Å². The fraction of sp³-hybridized carbons (Fsp3) is 0.333. The van der Waals surface area contributed by atoms with E-state index in [4.69, 9.17) is 14.2 Å². The zero-order valence-electron chi connectivity index (χ0n) is 17.9. The van der Waals surface area contributed by atoms with Gasteiger partial charge in [0, 0.05) is 0 Å². The molecule has 0 bridgehead atoms. The molecule has 0 aliphatic carbocycles. The van der Waals surface area contributed by atoms with Gasteiger partial charge in [0.25, 0.3) is 5.91 Å². The van der Waals surface area contributed by atoms with Gasteiger partial charge in [0.2, 0.25) is 0 Å². The molecule has 0 aromatic heterocycles. The largest absolute Gasteiger partial charge is 0.497 e. The van der Waals surface area contributed by atoms with E-state index in [9.17, 15) is 14.7 Å². The number of aliphatic hydroxyl groups is 1. The van der Waals surface area contributed by atoms with Crippen molar-refractivity contribution in [1.82, 2.24) is 4.90 Å². The first kappa shape index (κ1) is 24.2. The highest BCUT2D eigenvalue weighted by atomic mass is 127. The molecule has 2 amide bonds. The minimum atomic E-state index is -1.26. The van der Waals surface area contributed by atoms with Crippen LogP contribution in [-0.4, -0.2) is 54.0 Å². The van der Waals surface area contributed by atoms with Crippen LogP contribution in [0, 0.1) is 0 Å². The van der Waals surface area contributed by atoms with E-state index in [1.807, 2.05) is 65.1 Å². The van der Waals surface area contributed by atoms with Crippen LogP contribution in [0.3, 0.4) is 0 Å². The third-order valence-corrected chi connectivity index (χ3v) is 5.41. The van der Waals surface area contributed by atoms with Crippen LogP contribution in [-0.2, 0) is 27.3 Å². The number of nitrogens with zero attached hydrogens (tertiary/aromatic N) is 1. The molecule has 1 aliphatic rings. The van der Waals surface area contributed by atoms with Crippen LogP contribution in [0.1, 0.15) is 18.1 Å². The number of halogens is 1. The molecule has 1 heterocycles. The van der Waals surface area contributed by atoms with Crippen LogP contribution in [0.5, 0.6) is 5.75 Å². The van der Waals surface area contributed by atoms with E-state index in [0.29, 0.717) is 12.2 Å². The fourth-order valence-electron chi connectivity index (χ4n) is 3.45. The lowest BCUT2D eigenvalue weighted by molar-refractivity contribution is -0.148. The topological polar surface area (TPSA) is 85.3 Å². The van der Waals surface area contributed by atoms with Crippen LogP contribution in [0.15, 0.2) is 64.3 Å². The van der Waals surface area contributed by atoms with Gasteiger partial charge in [-0.15, -0.1) is 0 Å². The Morgan fingerprint density at radius 1 is 1.22 bits per heavy atom. The first-order chi connectivity index (χ1) is 15.4. The summed E-state index contributed by atoms with van der Waals surface area (Å²) in [5, 5.41) is 10.7. The van der Waals surface area contributed by atoms with E-state index in [-0.39, 0.29) is 13.2 Å². The summed E-state index contributed by atoms with van der Waals surface area (Å²) in [6.07, 6.45) is -1.21. The highest BCUT2D eigenvalue weighted by Crippen LogP contribution is 2.22. The van der Waals surface area contributed by atoms with Crippen molar-refractivity contribution in [2.45, 2.75) is 38.2 Å². The SMILES string of the molecule is COc1ccc(CO[C@@H](C(=O)N2C(=O)OC[C@H]2Cc2ccccc2)[C@@H](O)/C=C(\C)I)cc1. The molecule has 3 atom stereocenters.